The van der Waals surface area contributed by atoms with Crippen molar-refractivity contribution < 1.29 is 13.2 Å². The monoisotopic (exact) mass is 305 g/mol. The summed E-state index contributed by atoms with van der Waals surface area (Å²) >= 11 is 0. The number of halogens is 3. The molecule has 1 aliphatic carbocycles. The highest BCUT2D eigenvalue weighted by atomic mass is 19.3. The van der Waals surface area contributed by atoms with Gasteiger partial charge in [-0.1, -0.05) is 6.07 Å². The number of alkyl halides is 3. The minimum Gasteiger partial charge on any atom is -0.341 e. The lowest BCUT2D eigenvalue weighted by Crippen LogP contribution is -1.97. The smallest absolute Gasteiger partial charge is 0.263 e. The van der Waals surface area contributed by atoms with Gasteiger partial charge in [0.15, 0.2) is 0 Å². The number of hydrogen-bond acceptors (Lipinski definition) is 2. The summed E-state index contributed by atoms with van der Waals surface area (Å²) in [5.74, 6) is 0.794. The first-order valence-electron chi connectivity index (χ1n) is 7.32. The molecular weight excluding hydrogens is 291 g/mol. The highest BCUT2D eigenvalue weighted by Crippen LogP contribution is 2.36. The molecule has 2 unspecified atom stereocenters. The van der Waals surface area contributed by atoms with E-state index < -0.39 is 12.6 Å². The van der Waals surface area contributed by atoms with Crippen LogP contribution < -0.4 is 0 Å². The van der Waals surface area contributed by atoms with Crippen LogP contribution in [-0.2, 0) is 0 Å². The molecule has 22 heavy (non-hydrogen) atoms. The number of pyridine rings is 1. The van der Waals surface area contributed by atoms with Crippen molar-refractivity contribution >= 4 is 21.9 Å². The van der Waals surface area contributed by atoms with Crippen LogP contribution in [0.15, 0.2) is 24.4 Å². The standard InChI is InChI=1S/C16H14F3N3/c17-10-3-1-9(5-10)16-21-13-7-20-12-4-2-8(15(18)19)6-11(12)14(13)22-16/h2,4,6-7,9-10,15H,1,3,5H2,(H,21,22). The van der Waals surface area contributed by atoms with Crippen LogP contribution in [0.2, 0.25) is 0 Å². The molecule has 2 atom stereocenters. The van der Waals surface area contributed by atoms with Crippen molar-refractivity contribution in [3.8, 4) is 0 Å². The second-order valence-electron chi connectivity index (χ2n) is 5.83. The van der Waals surface area contributed by atoms with E-state index in [1.165, 1.54) is 12.1 Å². The number of imidazole rings is 1. The van der Waals surface area contributed by atoms with Crippen molar-refractivity contribution in [2.75, 3.05) is 0 Å². The lowest BCUT2D eigenvalue weighted by atomic mass is 10.1. The van der Waals surface area contributed by atoms with E-state index in [1.54, 1.807) is 12.3 Å². The van der Waals surface area contributed by atoms with Gasteiger partial charge < -0.3 is 4.98 Å². The minimum atomic E-state index is -2.52. The predicted octanol–water partition coefficient (Wildman–Crippen LogP) is 4.65. The average molecular weight is 305 g/mol. The first-order valence-corrected chi connectivity index (χ1v) is 7.32. The SMILES string of the molecule is FC1CCC(c2nc3cnc4ccc(C(F)F)cc4c3[nH]2)C1. The first kappa shape index (κ1) is 13.5. The van der Waals surface area contributed by atoms with Gasteiger partial charge in [-0.3, -0.25) is 4.98 Å². The second kappa shape index (κ2) is 4.97. The highest BCUT2D eigenvalue weighted by molar-refractivity contribution is 6.02. The van der Waals surface area contributed by atoms with Gasteiger partial charge in [-0.05, 0) is 31.4 Å². The van der Waals surface area contributed by atoms with E-state index in [-0.39, 0.29) is 11.5 Å². The van der Waals surface area contributed by atoms with E-state index >= 15 is 0 Å². The van der Waals surface area contributed by atoms with Gasteiger partial charge in [0.2, 0.25) is 0 Å². The van der Waals surface area contributed by atoms with Crippen LogP contribution in [0.4, 0.5) is 13.2 Å². The van der Waals surface area contributed by atoms with Crippen LogP contribution >= 0.6 is 0 Å². The molecule has 3 nitrogen and oxygen atoms in total. The molecule has 1 N–H and O–H groups in total. The fraction of sp³-hybridized carbons (Fsp3) is 0.375. The number of fused-ring (bicyclic) bond motifs is 3. The van der Waals surface area contributed by atoms with Gasteiger partial charge in [-0.15, -0.1) is 0 Å². The summed E-state index contributed by atoms with van der Waals surface area (Å²) in [4.78, 5) is 11.9. The molecule has 4 rings (SSSR count). The maximum absolute atomic E-state index is 13.4. The van der Waals surface area contributed by atoms with Crippen molar-refractivity contribution in [2.24, 2.45) is 0 Å². The Morgan fingerprint density at radius 2 is 2.05 bits per heavy atom. The van der Waals surface area contributed by atoms with E-state index in [2.05, 4.69) is 15.0 Å². The number of benzene rings is 1. The summed E-state index contributed by atoms with van der Waals surface area (Å²) in [5.41, 5.74) is 1.94. The highest BCUT2D eigenvalue weighted by Gasteiger charge is 2.28. The van der Waals surface area contributed by atoms with Crippen molar-refractivity contribution in [3.05, 3.63) is 35.8 Å². The summed E-state index contributed by atoms with van der Waals surface area (Å²) in [5, 5.41) is 0.629. The zero-order chi connectivity index (χ0) is 15.3. The molecule has 0 spiro atoms. The summed E-state index contributed by atoms with van der Waals surface area (Å²) in [7, 11) is 0. The molecule has 2 aromatic heterocycles. The fourth-order valence-electron chi connectivity index (χ4n) is 3.21. The van der Waals surface area contributed by atoms with Crippen LogP contribution in [0.5, 0.6) is 0 Å². The number of aromatic amines is 1. The number of rotatable bonds is 2. The summed E-state index contributed by atoms with van der Waals surface area (Å²) in [6.07, 6.45) is 0.0997. The Morgan fingerprint density at radius 3 is 2.77 bits per heavy atom. The summed E-state index contributed by atoms with van der Waals surface area (Å²) in [6, 6.07) is 4.42. The lowest BCUT2D eigenvalue weighted by Gasteiger charge is -2.04. The Labute approximate surface area is 124 Å². The van der Waals surface area contributed by atoms with Crippen LogP contribution in [0.1, 0.15) is 43.0 Å². The van der Waals surface area contributed by atoms with E-state index in [0.29, 0.717) is 34.8 Å². The maximum atomic E-state index is 13.4. The average Bonchev–Trinajstić information content (AvgIpc) is 3.12. The van der Waals surface area contributed by atoms with Gasteiger partial charge in [0.05, 0.1) is 17.2 Å². The zero-order valence-electron chi connectivity index (χ0n) is 11.7. The normalized spacial score (nSPS) is 22.2. The quantitative estimate of drug-likeness (QED) is 0.748. The van der Waals surface area contributed by atoms with Gasteiger partial charge in [0.25, 0.3) is 6.43 Å². The lowest BCUT2D eigenvalue weighted by molar-refractivity contribution is 0.151. The molecule has 0 radical (unpaired) electrons. The molecule has 0 amide bonds. The second-order valence-corrected chi connectivity index (χ2v) is 5.83. The van der Waals surface area contributed by atoms with Crippen molar-refractivity contribution in [2.45, 2.75) is 37.8 Å². The third-order valence-corrected chi connectivity index (χ3v) is 4.37. The van der Waals surface area contributed by atoms with Crippen molar-refractivity contribution in [1.29, 1.82) is 0 Å². The van der Waals surface area contributed by atoms with E-state index in [9.17, 15) is 13.2 Å². The van der Waals surface area contributed by atoms with Gasteiger partial charge in [0, 0.05) is 16.9 Å². The summed E-state index contributed by atoms with van der Waals surface area (Å²) in [6.45, 7) is 0. The van der Waals surface area contributed by atoms with Gasteiger partial charge in [0.1, 0.15) is 17.5 Å². The third kappa shape index (κ3) is 2.14. The molecule has 0 aliphatic heterocycles. The maximum Gasteiger partial charge on any atom is 0.263 e. The van der Waals surface area contributed by atoms with Crippen LogP contribution in [0.3, 0.4) is 0 Å². The number of nitrogens with zero attached hydrogens (tertiary/aromatic N) is 2. The molecule has 114 valence electrons. The molecule has 0 saturated heterocycles. The molecule has 2 heterocycles. The fourth-order valence-corrected chi connectivity index (χ4v) is 3.21. The largest absolute Gasteiger partial charge is 0.341 e. The van der Waals surface area contributed by atoms with Crippen molar-refractivity contribution in [1.82, 2.24) is 15.0 Å². The molecular formula is C16H14F3N3. The number of nitrogens with one attached hydrogen (secondary N) is 1. The Balaban J connectivity index is 1.87. The predicted molar refractivity (Wildman–Crippen MR) is 77.8 cm³/mol. The Hall–Kier alpha value is -2.11. The Kier molecular flexibility index (Phi) is 3.06. The van der Waals surface area contributed by atoms with Crippen molar-refractivity contribution in [3.63, 3.8) is 0 Å². The molecule has 1 aliphatic rings. The number of aromatic nitrogens is 3. The number of hydrogen-bond donors (Lipinski definition) is 1. The molecule has 1 fully saturated rings. The van der Waals surface area contributed by atoms with E-state index in [4.69, 9.17) is 0 Å². The Bertz CT molecular complexity index is 843. The zero-order valence-corrected chi connectivity index (χ0v) is 11.7. The van der Waals surface area contributed by atoms with E-state index in [1.807, 2.05) is 0 Å². The Morgan fingerprint density at radius 1 is 1.18 bits per heavy atom. The van der Waals surface area contributed by atoms with Gasteiger partial charge in [-0.2, -0.15) is 0 Å². The molecule has 0 bridgehead atoms. The molecule has 6 heteroatoms. The van der Waals surface area contributed by atoms with Crippen LogP contribution in [-0.4, -0.2) is 21.1 Å². The summed E-state index contributed by atoms with van der Waals surface area (Å²) < 4.78 is 39.2. The third-order valence-electron chi connectivity index (χ3n) is 4.37. The first-order chi connectivity index (χ1) is 10.6. The number of H-pyrrole nitrogens is 1. The minimum absolute atomic E-state index is 0.0392. The molecule has 3 aromatic rings. The molecule has 1 aromatic carbocycles. The van der Waals surface area contributed by atoms with Crippen LogP contribution in [0.25, 0.3) is 21.9 Å². The van der Waals surface area contributed by atoms with E-state index in [0.717, 1.165) is 12.2 Å². The topological polar surface area (TPSA) is 41.6 Å². The molecule has 1 saturated carbocycles. The van der Waals surface area contributed by atoms with Crippen LogP contribution in [0, 0.1) is 0 Å². The van der Waals surface area contributed by atoms with Gasteiger partial charge in [-0.25, -0.2) is 18.2 Å². The van der Waals surface area contributed by atoms with Gasteiger partial charge >= 0.3 is 0 Å².